The van der Waals surface area contributed by atoms with Gasteiger partial charge in [0.05, 0.1) is 0 Å². The number of aryl methyl sites for hydroxylation is 2. The molecule has 0 aliphatic heterocycles. The molecule has 2 aromatic rings. The topological polar surface area (TPSA) is 126 Å². The molecule has 0 saturated carbocycles. The lowest BCUT2D eigenvalue weighted by Gasteiger charge is -1.92. The van der Waals surface area contributed by atoms with Gasteiger partial charge in [0.2, 0.25) is 0 Å². The van der Waals surface area contributed by atoms with Crippen LogP contribution in [0.3, 0.4) is 0 Å². The second-order valence-corrected chi connectivity index (χ2v) is 3.95. The van der Waals surface area contributed by atoms with E-state index in [1.807, 2.05) is 0 Å². The van der Waals surface area contributed by atoms with Gasteiger partial charge in [0, 0.05) is 12.4 Å². The molecule has 0 aliphatic rings. The Morgan fingerprint density at radius 3 is 1.65 bits per heavy atom. The van der Waals surface area contributed by atoms with Gasteiger partial charge in [-0.2, -0.15) is 29.8 Å². The lowest BCUT2D eigenvalue weighted by atomic mass is 10.3. The summed E-state index contributed by atoms with van der Waals surface area (Å²) in [5.41, 5.74) is -0.763. The third-order valence-electron chi connectivity index (χ3n) is 2.44. The standard InChI is InChI=1S/C10H14N8O2/c1-7-13-15-9(19)17(7)11-5-3-4-6-12-18-8(2)14-16-10(18)20/h5-6H,3-4H2,1-2H3,(H,15,19)(H,16,20)/b11-5-,12-6-. The molecule has 0 bridgehead atoms. The van der Waals surface area contributed by atoms with Crippen LogP contribution in [0.5, 0.6) is 0 Å². The number of nitrogens with zero attached hydrogens (tertiary/aromatic N) is 6. The van der Waals surface area contributed by atoms with Crippen LogP contribution >= 0.6 is 0 Å². The number of nitrogens with one attached hydrogen (secondary N) is 2. The molecule has 0 aliphatic carbocycles. The molecular weight excluding hydrogens is 264 g/mol. The summed E-state index contributed by atoms with van der Waals surface area (Å²) in [5, 5.41) is 20.0. The van der Waals surface area contributed by atoms with E-state index in [1.54, 1.807) is 26.3 Å². The van der Waals surface area contributed by atoms with Gasteiger partial charge in [-0.05, 0) is 26.7 Å². The van der Waals surface area contributed by atoms with Gasteiger partial charge in [-0.3, -0.25) is 0 Å². The van der Waals surface area contributed by atoms with Crippen LogP contribution in [0, 0.1) is 13.8 Å². The van der Waals surface area contributed by atoms with Crippen molar-refractivity contribution in [3.8, 4) is 0 Å². The maximum atomic E-state index is 11.2. The van der Waals surface area contributed by atoms with E-state index in [-0.39, 0.29) is 11.4 Å². The lowest BCUT2D eigenvalue weighted by Crippen LogP contribution is -2.14. The number of H-pyrrole nitrogens is 2. The molecular formula is C10H14N8O2. The van der Waals surface area contributed by atoms with Crippen molar-refractivity contribution in [3.05, 3.63) is 32.6 Å². The van der Waals surface area contributed by atoms with Gasteiger partial charge in [0.15, 0.2) is 11.6 Å². The summed E-state index contributed by atoms with van der Waals surface area (Å²) in [6.07, 6.45) is 4.32. The number of aromatic nitrogens is 6. The van der Waals surface area contributed by atoms with Gasteiger partial charge >= 0.3 is 11.4 Å². The number of hydrogen-bond donors (Lipinski definition) is 2. The predicted octanol–water partition coefficient (Wildman–Crippen LogP) is -0.779. The minimum absolute atomic E-state index is 0.381. The van der Waals surface area contributed by atoms with Crippen molar-refractivity contribution in [2.45, 2.75) is 26.7 Å². The van der Waals surface area contributed by atoms with Crippen LogP contribution in [-0.4, -0.2) is 42.2 Å². The van der Waals surface area contributed by atoms with E-state index in [1.165, 1.54) is 9.35 Å². The minimum atomic E-state index is -0.381. The van der Waals surface area contributed by atoms with E-state index < -0.39 is 0 Å². The number of rotatable bonds is 5. The zero-order valence-electron chi connectivity index (χ0n) is 11.1. The summed E-state index contributed by atoms with van der Waals surface area (Å²) < 4.78 is 2.34. The summed E-state index contributed by atoms with van der Waals surface area (Å²) >= 11 is 0. The molecule has 2 heterocycles. The molecule has 0 aromatic carbocycles. The fourth-order valence-electron chi connectivity index (χ4n) is 1.44. The first-order valence-corrected chi connectivity index (χ1v) is 5.93. The van der Waals surface area contributed by atoms with E-state index in [4.69, 9.17) is 0 Å². The quantitative estimate of drug-likeness (QED) is 0.549. The Bertz CT molecular complexity index is 680. The summed E-state index contributed by atoms with van der Waals surface area (Å²) in [6, 6.07) is 0. The van der Waals surface area contributed by atoms with Crippen molar-refractivity contribution in [3.63, 3.8) is 0 Å². The zero-order valence-corrected chi connectivity index (χ0v) is 11.1. The van der Waals surface area contributed by atoms with Crippen molar-refractivity contribution in [2.75, 3.05) is 0 Å². The van der Waals surface area contributed by atoms with Gasteiger partial charge in [-0.25, -0.2) is 19.8 Å². The van der Waals surface area contributed by atoms with E-state index in [2.05, 4.69) is 30.6 Å². The van der Waals surface area contributed by atoms with E-state index in [9.17, 15) is 9.59 Å². The van der Waals surface area contributed by atoms with E-state index >= 15 is 0 Å². The van der Waals surface area contributed by atoms with Crippen molar-refractivity contribution in [1.82, 2.24) is 29.7 Å². The van der Waals surface area contributed by atoms with Gasteiger partial charge < -0.3 is 0 Å². The fraction of sp³-hybridized carbons (Fsp3) is 0.400. The highest BCUT2D eigenvalue weighted by Gasteiger charge is 2.00. The Kier molecular flexibility index (Phi) is 4.03. The summed E-state index contributed by atoms with van der Waals surface area (Å²) in [4.78, 5) is 22.5. The van der Waals surface area contributed by atoms with Gasteiger partial charge in [-0.15, -0.1) is 0 Å². The molecule has 0 atom stereocenters. The molecule has 0 radical (unpaired) electrons. The molecule has 0 saturated heterocycles. The largest absolute Gasteiger partial charge is 0.364 e. The van der Waals surface area contributed by atoms with Crippen molar-refractivity contribution in [1.29, 1.82) is 0 Å². The zero-order chi connectivity index (χ0) is 14.5. The van der Waals surface area contributed by atoms with Crippen LogP contribution < -0.4 is 11.4 Å². The van der Waals surface area contributed by atoms with Crippen LogP contribution in [0.2, 0.25) is 0 Å². The summed E-state index contributed by atoms with van der Waals surface area (Å²) in [6.45, 7) is 3.34. The molecule has 2 aromatic heterocycles. The average molecular weight is 278 g/mol. The monoisotopic (exact) mass is 278 g/mol. The normalized spacial score (nSPS) is 11.9. The first-order valence-electron chi connectivity index (χ1n) is 5.93. The molecule has 2 rings (SSSR count). The summed E-state index contributed by atoms with van der Waals surface area (Å²) in [5.74, 6) is 0.973. The molecule has 0 amide bonds. The molecule has 0 unspecified atom stereocenters. The van der Waals surface area contributed by atoms with Gasteiger partial charge in [-0.1, -0.05) is 0 Å². The molecule has 10 nitrogen and oxygen atoms in total. The lowest BCUT2D eigenvalue weighted by molar-refractivity contribution is 0.790. The van der Waals surface area contributed by atoms with Crippen LogP contribution in [0.15, 0.2) is 19.8 Å². The maximum Gasteiger partial charge on any atom is 0.364 e. The molecule has 20 heavy (non-hydrogen) atoms. The van der Waals surface area contributed by atoms with E-state index in [0.29, 0.717) is 24.5 Å². The van der Waals surface area contributed by atoms with Crippen LogP contribution in [-0.2, 0) is 0 Å². The Morgan fingerprint density at radius 2 is 1.35 bits per heavy atom. The van der Waals surface area contributed by atoms with Crippen molar-refractivity contribution >= 4 is 12.4 Å². The second kappa shape index (κ2) is 5.91. The number of unbranched alkanes of at least 4 members (excludes halogenated alkanes) is 1. The molecule has 0 spiro atoms. The summed E-state index contributed by atoms with van der Waals surface area (Å²) in [7, 11) is 0. The van der Waals surface area contributed by atoms with Crippen LogP contribution in [0.4, 0.5) is 0 Å². The SMILES string of the molecule is Cc1n[nH]c(=O)n1/N=C\CC/C=N\n1c(C)n[nH]c1=O. The van der Waals surface area contributed by atoms with Crippen molar-refractivity contribution in [2.24, 2.45) is 10.2 Å². The molecule has 106 valence electrons. The Labute approximate surface area is 112 Å². The highest BCUT2D eigenvalue weighted by atomic mass is 16.2. The Hall–Kier alpha value is -2.78. The van der Waals surface area contributed by atoms with Gasteiger partial charge in [0.25, 0.3) is 0 Å². The van der Waals surface area contributed by atoms with E-state index in [0.717, 1.165) is 0 Å². The first-order chi connectivity index (χ1) is 9.59. The van der Waals surface area contributed by atoms with Crippen LogP contribution in [0.25, 0.3) is 0 Å². The average Bonchev–Trinajstić information content (AvgIpc) is 2.90. The Balaban J connectivity index is 1.88. The minimum Gasteiger partial charge on any atom is -0.244 e. The third kappa shape index (κ3) is 2.96. The predicted molar refractivity (Wildman–Crippen MR) is 72.2 cm³/mol. The smallest absolute Gasteiger partial charge is 0.244 e. The number of hydrogen-bond acceptors (Lipinski definition) is 6. The van der Waals surface area contributed by atoms with Crippen LogP contribution in [0.1, 0.15) is 24.5 Å². The fourth-order valence-corrected chi connectivity index (χ4v) is 1.44. The molecule has 10 heteroatoms. The highest BCUT2D eigenvalue weighted by Crippen LogP contribution is 1.89. The van der Waals surface area contributed by atoms with Gasteiger partial charge in [0.1, 0.15) is 0 Å². The highest BCUT2D eigenvalue weighted by molar-refractivity contribution is 5.65. The number of aromatic amines is 2. The van der Waals surface area contributed by atoms with Crippen molar-refractivity contribution < 1.29 is 0 Å². The second-order valence-electron chi connectivity index (χ2n) is 3.95. The molecule has 2 N–H and O–H groups in total. The third-order valence-corrected chi connectivity index (χ3v) is 2.44. The first kappa shape index (κ1) is 13.6. The Morgan fingerprint density at radius 1 is 0.950 bits per heavy atom. The maximum absolute atomic E-state index is 11.2. The molecule has 0 fully saturated rings.